The van der Waals surface area contributed by atoms with Crippen molar-refractivity contribution >= 4 is 0 Å². The van der Waals surface area contributed by atoms with Crippen molar-refractivity contribution in [3.05, 3.63) is 11.7 Å². The minimum atomic E-state index is -1.56. The molecule has 0 atom stereocenters. The molecule has 3 saturated carbocycles. The molecule has 1 N–H and O–H groups in total. The quantitative estimate of drug-likeness (QED) is 0.675. The molecule has 4 heteroatoms. The molecule has 2 bridgehead atoms. The van der Waals surface area contributed by atoms with Crippen molar-refractivity contribution in [3.63, 3.8) is 0 Å². The molecule has 5 rings (SSSR count). The minimum absolute atomic E-state index is 0.277. The minimum Gasteiger partial charge on any atom is -0.383 e. The van der Waals surface area contributed by atoms with Crippen LogP contribution in [-0.2, 0) is 4.74 Å². The molecule has 5 aliphatic carbocycles. The molecule has 0 spiro atoms. The van der Waals surface area contributed by atoms with Crippen molar-refractivity contribution in [2.24, 2.45) is 23.7 Å². The van der Waals surface area contributed by atoms with E-state index in [1.54, 1.807) is 0 Å². The first-order chi connectivity index (χ1) is 12.4. The lowest BCUT2D eigenvalue weighted by Crippen LogP contribution is -2.52. The summed E-state index contributed by atoms with van der Waals surface area (Å²) < 4.78 is 34.6. The number of halogens is 2. The summed E-state index contributed by atoms with van der Waals surface area (Å²) in [6, 6.07) is 0. The Bertz CT molecular complexity index is 534. The van der Waals surface area contributed by atoms with E-state index in [0.717, 1.165) is 30.6 Å². The number of fused-ring (bicyclic) bond motifs is 2. The predicted octanol–water partition coefficient (Wildman–Crippen LogP) is 5.84. The van der Waals surface area contributed by atoms with E-state index in [-0.39, 0.29) is 12.8 Å². The van der Waals surface area contributed by atoms with Gasteiger partial charge in [0.25, 0.3) is 0 Å². The summed E-state index contributed by atoms with van der Waals surface area (Å²) in [6.45, 7) is 2.91. The van der Waals surface area contributed by atoms with E-state index in [4.69, 9.17) is 4.74 Å². The maximum Gasteiger partial charge on any atom is 0.166 e. The SMILES string of the molecule is CC1CCC(C2CCC(COC34CCC(O)(CC3)C(F)=C4F)CC2)CC1. The van der Waals surface area contributed by atoms with Crippen molar-refractivity contribution in [1.29, 1.82) is 0 Å². The first kappa shape index (κ1) is 18.9. The van der Waals surface area contributed by atoms with Crippen LogP contribution in [0.1, 0.15) is 84.0 Å². The van der Waals surface area contributed by atoms with Crippen LogP contribution in [0.2, 0.25) is 0 Å². The van der Waals surface area contributed by atoms with E-state index >= 15 is 0 Å². The molecule has 0 aliphatic heterocycles. The van der Waals surface area contributed by atoms with Crippen LogP contribution >= 0.6 is 0 Å². The van der Waals surface area contributed by atoms with E-state index in [9.17, 15) is 13.9 Å². The van der Waals surface area contributed by atoms with Crippen molar-refractivity contribution in [3.8, 4) is 0 Å². The van der Waals surface area contributed by atoms with Crippen LogP contribution in [0.5, 0.6) is 0 Å². The van der Waals surface area contributed by atoms with Crippen LogP contribution in [0.3, 0.4) is 0 Å². The summed E-state index contributed by atoms with van der Waals surface area (Å²) in [5.41, 5.74) is -2.66. The molecule has 0 heterocycles. The monoisotopic (exact) mass is 368 g/mol. The van der Waals surface area contributed by atoms with E-state index in [2.05, 4.69) is 6.92 Å². The van der Waals surface area contributed by atoms with Gasteiger partial charge in [0.2, 0.25) is 0 Å². The normalized spacial score (nSPS) is 46.6. The third kappa shape index (κ3) is 3.37. The highest BCUT2D eigenvalue weighted by Gasteiger charge is 2.56. The van der Waals surface area contributed by atoms with Gasteiger partial charge < -0.3 is 9.84 Å². The fraction of sp³-hybridized carbons (Fsp3) is 0.909. The molecule has 3 fully saturated rings. The van der Waals surface area contributed by atoms with Gasteiger partial charge in [0.1, 0.15) is 11.2 Å². The molecule has 0 amide bonds. The van der Waals surface area contributed by atoms with Crippen LogP contribution < -0.4 is 0 Å². The smallest absolute Gasteiger partial charge is 0.166 e. The van der Waals surface area contributed by atoms with Gasteiger partial charge >= 0.3 is 0 Å². The Morgan fingerprint density at radius 2 is 1.38 bits per heavy atom. The largest absolute Gasteiger partial charge is 0.383 e. The first-order valence-corrected chi connectivity index (χ1v) is 10.8. The topological polar surface area (TPSA) is 29.5 Å². The number of rotatable bonds is 4. The average Bonchev–Trinajstić information content (AvgIpc) is 2.67. The Balaban J connectivity index is 1.28. The molecule has 0 aromatic heterocycles. The molecule has 0 aromatic rings. The summed E-state index contributed by atoms with van der Waals surface area (Å²) >= 11 is 0. The first-order valence-electron chi connectivity index (χ1n) is 10.8. The van der Waals surface area contributed by atoms with Crippen molar-refractivity contribution in [2.45, 2.75) is 95.2 Å². The molecule has 0 radical (unpaired) electrons. The van der Waals surface area contributed by atoms with Crippen molar-refractivity contribution < 1.29 is 18.6 Å². The molecule has 5 aliphatic rings. The molecule has 0 saturated heterocycles. The Labute approximate surface area is 156 Å². The number of aliphatic hydroxyl groups is 1. The van der Waals surface area contributed by atoms with E-state index in [0.29, 0.717) is 25.4 Å². The van der Waals surface area contributed by atoms with Gasteiger partial charge in [-0.05, 0) is 87.9 Å². The van der Waals surface area contributed by atoms with Crippen LogP contribution in [0.25, 0.3) is 0 Å². The second-order valence-corrected chi connectivity index (χ2v) is 9.77. The number of ether oxygens (including phenoxy) is 1. The van der Waals surface area contributed by atoms with Crippen molar-refractivity contribution in [1.82, 2.24) is 0 Å². The van der Waals surface area contributed by atoms with Crippen LogP contribution in [0, 0.1) is 23.7 Å². The third-order valence-corrected chi connectivity index (χ3v) is 8.10. The lowest BCUT2D eigenvalue weighted by molar-refractivity contribution is -0.135. The van der Waals surface area contributed by atoms with Gasteiger partial charge in [-0.1, -0.05) is 19.8 Å². The van der Waals surface area contributed by atoms with Gasteiger partial charge in [-0.15, -0.1) is 0 Å². The average molecular weight is 369 g/mol. The van der Waals surface area contributed by atoms with Gasteiger partial charge in [0, 0.05) is 0 Å². The van der Waals surface area contributed by atoms with Crippen LogP contribution in [-0.4, -0.2) is 22.9 Å². The van der Waals surface area contributed by atoms with Gasteiger partial charge in [-0.2, -0.15) is 0 Å². The molecule has 26 heavy (non-hydrogen) atoms. The maximum atomic E-state index is 14.5. The Morgan fingerprint density at radius 1 is 0.846 bits per heavy atom. The second kappa shape index (κ2) is 7.16. The zero-order chi connectivity index (χ0) is 18.4. The lowest BCUT2D eigenvalue weighted by Gasteiger charge is -2.48. The Hall–Kier alpha value is -0.480. The molecule has 0 unspecified atom stereocenters. The second-order valence-electron chi connectivity index (χ2n) is 9.77. The molecule has 0 aromatic carbocycles. The lowest BCUT2D eigenvalue weighted by atomic mass is 9.68. The van der Waals surface area contributed by atoms with E-state index in [1.165, 1.54) is 38.5 Å². The highest BCUT2D eigenvalue weighted by Crippen LogP contribution is 2.53. The number of hydrogen-bond donors (Lipinski definition) is 1. The predicted molar refractivity (Wildman–Crippen MR) is 97.9 cm³/mol. The fourth-order valence-corrected chi connectivity index (χ4v) is 5.98. The molecular formula is C22H34F2O2. The van der Waals surface area contributed by atoms with E-state index in [1.807, 2.05) is 0 Å². The van der Waals surface area contributed by atoms with Crippen molar-refractivity contribution in [2.75, 3.05) is 6.61 Å². The fourth-order valence-electron chi connectivity index (χ4n) is 5.98. The van der Waals surface area contributed by atoms with E-state index < -0.39 is 22.9 Å². The molecule has 148 valence electrons. The highest BCUT2D eigenvalue weighted by atomic mass is 19.2. The third-order valence-electron chi connectivity index (χ3n) is 8.10. The zero-order valence-corrected chi connectivity index (χ0v) is 16.1. The zero-order valence-electron chi connectivity index (χ0n) is 16.1. The maximum absolute atomic E-state index is 14.5. The summed E-state index contributed by atoms with van der Waals surface area (Å²) in [5, 5.41) is 10.1. The van der Waals surface area contributed by atoms with Gasteiger partial charge in [0.05, 0.1) is 6.61 Å². The number of hydrogen-bond acceptors (Lipinski definition) is 2. The summed E-state index contributed by atoms with van der Waals surface area (Å²) in [5.74, 6) is 1.36. The van der Waals surface area contributed by atoms with Gasteiger partial charge in [0.15, 0.2) is 11.7 Å². The van der Waals surface area contributed by atoms with Gasteiger partial charge in [-0.3, -0.25) is 0 Å². The molecular weight excluding hydrogens is 334 g/mol. The summed E-state index contributed by atoms with van der Waals surface area (Å²) in [6.07, 6.45) is 11.8. The van der Waals surface area contributed by atoms with Crippen LogP contribution in [0.15, 0.2) is 11.7 Å². The standard InChI is InChI=1S/C22H34F2O2/c1-15-2-6-17(7-3-15)18-8-4-16(5-9-18)14-26-22-12-10-21(25,11-13-22)19(23)20(22)24/h15-18,25H,2-14H2,1H3. The highest BCUT2D eigenvalue weighted by molar-refractivity contribution is 5.30. The van der Waals surface area contributed by atoms with Crippen LogP contribution in [0.4, 0.5) is 8.78 Å². The Morgan fingerprint density at radius 3 is 1.96 bits per heavy atom. The summed E-state index contributed by atoms with van der Waals surface area (Å²) in [7, 11) is 0. The van der Waals surface area contributed by atoms with Gasteiger partial charge in [-0.25, -0.2) is 8.78 Å². The Kier molecular flexibility index (Phi) is 5.20. The summed E-state index contributed by atoms with van der Waals surface area (Å²) in [4.78, 5) is 0. The molecule has 2 nitrogen and oxygen atoms in total.